The molecule has 0 aromatic heterocycles. The molecule has 0 amide bonds. The van der Waals surface area contributed by atoms with E-state index in [-0.39, 0.29) is 7.34 Å². The SMILES string of the molecule is CCC.CC[C@H](C(=O)O)C1=CCc2cc(C)ccc21.[HH]. The van der Waals surface area contributed by atoms with Crippen molar-refractivity contribution in [3.05, 3.63) is 41.0 Å². The van der Waals surface area contributed by atoms with E-state index < -0.39 is 5.97 Å². The van der Waals surface area contributed by atoms with Crippen LogP contribution in [0, 0.1) is 12.8 Å². The van der Waals surface area contributed by atoms with Gasteiger partial charge in [0, 0.05) is 1.43 Å². The summed E-state index contributed by atoms with van der Waals surface area (Å²) < 4.78 is 0. The maximum atomic E-state index is 11.2. The number of hydrogen-bond donors (Lipinski definition) is 1. The van der Waals surface area contributed by atoms with Crippen molar-refractivity contribution < 1.29 is 11.3 Å². The normalized spacial score (nSPS) is 14.0. The van der Waals surface area contributed by atoms with Gasteiger partial charge < -0.3 is 5.11 Å². The Bertz CT molecular complexity index is 478. The predicted molar refractivity (Wildman–Crippen MR) is 82.4 cm³/mol. The second kappa shape index (κ2) is 7.13. The molecule has 0 spiro atoms. The van der Waals surface area contributed by atoms with Gasteiger partial charge in [-0.15, -0.1) is 0 Å². The topological polar surface area (TPSA) is 37.3 Å². The number of carbonyl (C=O) groups is 1. The van der Waals surface area contributed by atoms with Gasteiger partial charge in [-0.2, -0.15) is 0 Å². The fourth-order valence-electron chi connectivity index (χ4n) is 2.36. The van der Waals surface area contributed by atoms with Crippen molar-refractivity contribution in [2.45, 2.75) is 47.0 Å². The van der Waals surface area contributed by atoms with Gasteiger partial charge in [-0.1, -0.05) is 57.0 Å². The summed E-state index contributed by atoms with van der Waals surface area (Å²) in [6.07, 6.45) is 4.83. The van der Waals surface area contributed by atoms with Gasteiger partial charge in [0.25, 0.3) is 0 Å². The number of aryl methyl sites for hydroxylation is 1. The lowest BCUT2D eigenvalue weighted by atomic mass is 9.91. The lowest BCUT2D eigenvalue weighted by molar-refractivity contribution is -0.139. The molecule has 1 atom stereocenters. The molecule has 0 saturated carbocycles. The monoisotopic (exact) mass is 262 g/mol. The minimum absolute atomic E-state index is 0. The number of carboxylic acids is 1. The second-order valence-electron chi connectivity index (χ2n) is 5.03. The molecule has 0 bridgehead atoms. The lowest BCUT2D eigenvalue weighted by Crippen LogP contribution is -2.13. The van der Waals surface area contributed by atoms with Crippen LogP contribution >= 0.6 is 0 Å². The van der Waals surface area contributed by atoms with E-state index in [9.17, 15) is 9.90 Å². The molecule has 1 aliphatic carbocycles. The van der Waals surface area contributed by atoms with Crippen LogP contribution in [0.5, 0.6) is 0 Å². The first-order valence-electron chi connectivity index (χ1n) is 7.07. The second-order valence-corrected chi connectivity index (χ2v) is 5.03. The van der Waals surface area contributed by atoms with Crippen molar-refractivity contribution in [3.8, 4) is 0 Å². The van der Waals surface area contributed by atoms with Crippen molar-refractivity contribution >= 4 is 11.5 Å². The molecule has 0 aliphatic heterocycles. The van der Waals surface area contributed by atoms with Gasteiger partial charge in [0.1, 0.15) is 0 Å². The van der Waals surface area contributed by atoms with Crippen molar-refractivity contribution in [2.75, 3.05) is 0 Å². The summed E-state index contributed by atoms with van der Waals surface area (Å²) in [7, 11) is 0. The third kappa shape index (κ3) is 3.69. The molecule has 0 saturated heterocycles. The Morgan fingerprint density at radius 2 is 2.00 bits per heavy atom. The molecule has 2 heteroatoms. The highest BCUT2D eigenvalue weighted by Crippen LogP contribution is 2.34. The molecule has 1 aromatic rings. The molecular weight excluding hydrogens is 236 g/mol. The highest BCUT2D eigenvalue weighted by atomic mass is 16.4. The van der Waals surface area contributed by atoms with Crippen molar-refractivity contribution in [1.82, 2.24) is 0 Å². The number of benzene rings is 1. The maximum Gasteiger partial charge on any atom is 0.310 e. The number of carboxylic acid groups (broad SMARTS) is 1. The molecule has 2 nitrogen and oxygen atoms in total. The molecule has 2 rings (SSSR count). The molecule has 0 fully saturated rings. The van der Waals surface area contributed by atoms with E-state index in [1.54, 1.807) is 0 Å². The number of fused-ring (bicyclic) bond motifs is 1. The minimum Gasteiger partial charge on any atom is -0.481 e. The summed E-state index contributed by atoms with van der Waals surface area (Å²) >= 11 is 0. The third-order valence-corrected chi connectivity index (χ3v) is 3.20. The number of hydrogen-bond acceptors (Lipinski definition) is 1. The average molecular weight is 262 g/mol. The van der Waals surface area contributed by atoms with Crippen molar-refractivity contribution in [3.63, 3.8) is 0 Å². The Kier molecular flexibility index (Phi) is 5.81. The van der Waals surface area contributed by atoms with Crippen LogP contribution in [0.15, 0.2) is 24.3 Å². The highest BCUT2D eigenvalue weighted by Gasteiger charge is 2.25. The van der Waals surface area contributed by atoms with E-state index in [0.29, 0.717) is 6.42 Å². The predicted octanol–water partition coefficient (Wildman–Crippen LogP) is 4.71. The Morgan fingerprint density at radius 3 is 2.53 bits per heavy atom. The van der Waals surface area contributed by atoms with Crippen LogP contribution in [-0.2, 0) is 11.2 Å². The lowest BCUT2D eigenvalue weighted by Gasteiger charge is -2.13. The van der Waals surface area contributed by atoms with E-state index in [0.717, 1.165) is 17.6 Å². The third-order valence-electron chi connectivity index (χ3n) is 3.20. The van der Waals surface area contributed by atoms with E-state index in [1.165, 1.54) is 17.5 Å². The summed E-state index contributed by atoms with van der Waals surface area (Å²) in [4.78, 5) is 11.2. The quantitative estimate of drug-likeness (QED) is 0.856. The van der Waals surface area contributed by atoms with Crippen LogP contribution in [0.25, 0.3) is 5.57 Å². The summed E-state index contributed by atoms with van der Waals surface area (Å²) in [6.45, 7) is 8.23. The Hall–Kier alpha value is -1.57. The molecule has 0 heterocycles. The highest BCUT2D eigenvalue weighted by molar-refractivity contribution is 5.89. The van der Waals surface area contributed by atoms with Crippen molar-refractivity contribution in [2.24, 2.45) is 5.92 Å². The average Bonchev–Trinajstić information content (AvgIpc) is 2.74. The fraction of sp³-hybridized carbons (Fsp3) is 0.471. The zero-order valence-corrected chi connectivity index (χ0v) is 12.4. The van der Waals surface area contributed by atoms with Gasteiger partial charge in [0.2, 0.25) is 0 Å². The summed E-state index contributed by atoms with van der Waals surface area (Å²) in [6, 6.07) is 6.25. The first kappa shape index (κ1) is 15.5. The van der Waals surface area contributed by atoms with E-state index in [1.807, 2.05) is 13.0 Å². The molecular formula is C17H26O2. The molecule has 1 aromatic carbocycles. The summed E-state index contributed by atoms with van der Waals surface area (Å²) in [5.74, 6) is -1.08. The van der Waals surface area contributed by atoms with Gasteiger partial charge in [-0.05, 0) is 36.5 Å². The molecule has 19 heavy (non-hydrogen) atoms. The smallest absolute Gasteiger partial charge is 0.310 e. The fourth-order valence-corrected chi connectivity index (χ4v) is 2.36. The molecule has 0 unspecified atom stereocenters. The first-order valence-corrected chi connectivity index (χ1v) is 7.07. The first-order chi connectivity index (χ1) is 9.04. The number of allylic oxidation sites excluding steroid dienone is 1. The Morgan fingerprint density at radius 1 is 1.37 bits per heavy atom. The standard InChI is InChI=1S/C14H16O2.C3H8.H2/c1-3-11(14(15)16)13-7-5-10-8-9(2)4-6-12(10)13;1-3-2;/h4,6-8,11H,3,5H2,1-2H3,(H,15,16);3H2,1-2H3;1H/t11-;;/m0../s1. The minimum atomic E-state index is -0.720. The summed E-state index contributed by atoms with van der Waals surface area (Å²) in [5, 5.41) is 9.17. The van der Waals surface area contributed by atoms with E-state index in [4.69, 9.17) is 0 Å². The Balaban J connectivity index is 0.000000830. The van der Waals surface area contributed by atoms with Crippen LogP contribution < -0.4 is 0 Å². The van der Waals surface area contributed by atoms with Crippen molar-refractivity contribution in [1.29, 1.82) is 0 Å². The van der Waals surface area contributed by atoms with Crippen LogP contribution in [-0.4, -0.2) is 11.1 Å². The van der Waals surface area contributed by atoms with Gasteiger partial charge in [0.05, 0.1) is 5.92 Å². The molecule has 1 N–H and O–H groups in total. The van der Waals surface area contributed by atoms with Gasteiger partial charge >= 0.3 is 5.97 Å². The van der Waals surface area contributed by atoms with Crippen LogP contribution in [0.3, 0.4) is 0 Å². The van der Waals surface area contributed by atoms with E-state index >= 15 is 0 Å². The van der Waals surface area contributed by atoms with Crippen LogP contribution in [0.1, 0.15) is 51.7 Å². The zero-order chi connectivity index (χ0) is 14.4. The van der Waals surface area contributed by atoms with Crippen LogP contribution in [0.4, 0.5) is 0 Å². The van der Waals surface area contributed by atoms with Gasteiger partial charge in [-0.3, -0.25) is 4.79 Å². The maximum absolute atomic E-state index is 11.2. The zero-order valence-electron chi connectivity index (χ0n) is 12.4. The number of rotatable bonds is 3. The molecule has 106 valence electrons. The Labute approximate surface area is 117 Å². The molecule has 0 radical (unpaired) electrons. The molecule has 1 aliphatic rings. The van der Waals surface area contributed by atoms with Gasteiger partial charge in [0.15, 0.2) is 0 Å². The summed E-state index contributed by atoms with van der Waals surface area (Å²) in [5.41, 5.74) is 4.61. The van der Waals surface area contributed by atoms with E-state index in [2.05, 4.69) is 39.0 Å². The largest absolute Gasteiger partial charge is 0.481 e. The van der Waals surface area contributed by atoms with Crippen LogP contribution in [0.2, 0.25) is 0 Å². The number of aliphatic carboxylic acids is 1. The van der Waals surface area contributed by atoms with Gasteiger partial charge in [-0.25, -0.2) is 0 Å².